The number of nitrogens with zero attached hydrogens (tertiary/aromatic N) is 2. The highest BCUT2D eigenvalue weighted by atomic mass is 32.1. The average molecular weight is 292 g/mol. The van der Waals surface area contributed by atoms with Crippen LogP contribution in [-0.2, 0) is 0 Å². The molecule has 0 bridgehead atoms. The van der Waals surface area contributed by atoms with Crippen LogP contribution in [0.1, 0.15) is 10.6 Å². The second-order valence-corrected chi connectivity index (χ2v) is 5.46. The third-order valence-corrected chi connectivity index (χ3v) is 4.12. The van der Waals surface area contributed by atoms with Crippen molar-refractivity contribution in [2.45, 2.75) is 0 Å². The zero-order valence-electron chi connectivity index (χ0n) is 11.4. The molecule has 0 saturated heterocycles. The van der Waals surface area contributed by atoms with Gasteiger partial charge in [-0.25, -0.2) is 4.98 Å². The quantitative estimate of drug-likeness (QED) is 0.673. The monoisotopic (exact) mass is 292 g/mol. The van der Waals surface area contributed by atoms with Crippen LogP contribution in [0.3, 0.4) is 0 Å². The molecule has 4 heteroatoms. The lowest BCUT2D eigenvalue weighted by atomic mass is 10.1. The van der Waals surface area contributed by atoms with Gasteiger partial charge in [-0.3, -0.25) is 0 Å². The van der Waals surface area contributed by atoms with E-state index in [0.717, 1.165) is 26.5 Å². The van der Waals surface area contributed by atoms with Gasteiger partial charge in [-0.2, -0.15) is 5.26 Å². The Morgan fingerprint density at radius 1 is 1.24 bits per heavy atom. The standard InChI is InChI=1S/C17H12N2OS/c1-20-14-6-4-5-12(10-14)9-13(11-18)17-19-15-7-2-3-8-16(15)21-17/h2-10H,1H3/b13-9+. The average Bonchev–Trinajstić information content (AvgIpc) is 2.96. The number of benzene rings is 2. The smallest absolute Gasteiger partial charge is 0.135 e. The van der Waals surface area contributed by atoms with Crippen LogP contribution in [0.2, 0.25) is 0 Å². The van der Waals surface area contributed by atoms with Gasteiger partial charge in [0.2, 0.25) is 0 Å². The first kappa shape index (κ1) is 13.3. The Morgan fingerprint density at radius 3 is 2.86 bits per heavy atom. The molecule has 0 N–H and O–H groups in total. The first-order valence-corrected chi connectivity index (χ1v) is 7.23. The fraction of sp³-hybridized carbons (Fsp3) is 0.0588. The van der Waals surface area contributed by atoms with Crippen molar-refractivity contribution < 1.29 is 4.74 Å². The largest absolute Gasteiger partial charge is 0.497 e. The topological polar surface area (TPSA) is 45.9 Å². The number of nitriles is 1. The third-order valence-electron chi connectivity index (χ3n) is 3.05. The summed E-state index contributed by atoms with van der Waals surface area (Å²) in [5.41, 5.74) is 2.40. The van der Waals surface area contributed by atoms with E-state index in [1.54, 1.807) is 7.11 Å². The maximum absolute atomic E-state index is 9.41. The summed E-state index contributed by atoms with van der Waals surface area (Å²) in [5.74, 6) is 0.769. The molecule has 0 unspecified atom stereocenters. The molecule has 0 aliphatic rings. The Kier molecular flexibility index (Phi) is 3.67. The first-order chi connectivity index (χ1) is 10.3. The van der Waals surface area contributed by atoms with E-state index in [4.69, 9.17) is 4.74 Å². The molecule has 1 heterocycles. The van der Waals surface area contributed by atoms with Crippen LogP contribution in [0.15, 0.2) is 48.5 Å². The molecule has 1 aromatic heterocycles. The van der Waals surface area contributed by atoms with Crippen molar-refractivity contribution >= 4 is 33.2 Å². The lowest BCUT2D eigenvalue weighted by Crippen LogP contribution is -1.84. The molecular weight excluding hydrogens is 280 g/mol. The van der Waals surface area contributed by atoms with Gasteiger partial charge in [-0.1, -0.05) is 24.3 Å². The van der Waals surface area contributed by atoms with E-state index < -0.39 is 0 Å². The van der Waals surface area contributed by atoms with Crippen molar-refractivity contribution in [3.8, 4) is 11.8 Å². The van der Waals surface area contributed by atoms with Gasteiger partial charge in [0.25, 0.3) is 0 Å². The van der Waals surface area contributed by atoms with Gasteiger partial charge in [0.1, 0.15) is 16.8 Å². The molecule has 3 aromatic rings. The minimum Gasteiger partial charge on any atom is -0.497 e. The van der Waals surface area contributed by atoms with E-state index in [-0.39, 0.29) is 0 Å². The van der Waals surface area contributed by atoms with Crippen molar-refractivity contribution in [1.29, 1.82) is 5.26 Å². The van der Waals surface area contributed by atoms with Crippen LogP contribution in [0.5, 0.6) is 5.75 Å². The normalized spacial score (nSPS) is 11.3. The van der Waals surface area contributed by atoms with Crippen molar-refractivity contribution in [2.24, 2.45) is 0 Å². The molecule has 2 aromatic carbocycles. The second-order valence-electron chi connectivity index (χ2n) is 4.43. The van der Waals surface area contributed by atoms with Crippen molar-refractivity contribution in [3.63, 3.8) is 0 Å². The number of hydrogen-bond acceptors (Lipinski definition) is 4. The molecule has 0 aliphatic carbocycles. The van der Waals surface area contributed by atoms with Crippen LogP contribution >= 0.6 is 11.3 Å². The Morgan fingerprint density at radius 2 is 2.10 bits per heavy atom. The molecule has 102 valence electrons. The number of methoxy groups -OCH3 is 1. The van der Waals surface area contributed by atoms with E-state index in [9.17, 15) is 5.26 Å². The van der Waals surface area contributed by atoms with Crippen LogP contribution < -0.4 is 4.74 Å². The van der Waals surface area contributed by atoms with Crippen LogP contribution in [-0.4, -0.2) is 12.1 Å². The third kappa shape index (κ3) is 2.78. The van der Waals surface area contributed by atoms with Crippen LogP contribution in [0, 0.1) is 11.3 Å². The van der Waals surface area contributed by atoms with E-state index >= 15 is 0 Å². The van der Waals surface area contributed by atoms with Gasteiger partial charge >= 0.3 is 0 Å². The summed E-state index contributed by atoms with van der Waals surface area (Å²) < 4.78 is 6.28. The summed E-state index contributed by atoms with van der Waals surface area (Å²) in [5, 5.41) is 10.1. The van der Waals surface area contributed by atoms with E-state index in [2.05, 4.69) is 11.1 Å². The summed E-state index contributed by atoms with van der Waals surface area (Å²) in [6.45, 7) is 0. The van der Waals surface area contributed by atoms with E-state index in [0.29, 0.717) is 5.57 Å². The van der Waals surface area contributed by atoms with Gasteiger partial charge in [0.15, 0.2) is 0 Å². The SMILES string of the molecule is COc1cccc(/C=C(\C#N)c2nc3ccccc3s2)c1. The summed E-state index contributed by atoms with van der Waals surface area (Å²) in [6, 6.07) is 17.7. The highest BCUT2D eigenvalue weighted by Gasteiger charge is 2.08. The number of rotatable bonds is 3. The van der Waals surface area contributed by atoms with Crippen LogP contribution in [0.25, 0.3) is 21.9 Å². The number of fused-ring (bicyclic) bond motifs is 1. The number of allylic oxidation sites excluding steroid dienone is 1. The molecule has 3 nitrogen and oxygen atoms in total. The van der Waals surface area contributed by atoms with Gasteiger partial charge in [-0.15, -0.1) is 11.3 Å². The Balaban J connectivity index is 2.04. The van der Waals surface area contributed by atoms with Gasteiger partial charge in [-0.05, 0) is 35.9 Å². The Hall–Kier alpha value is -2.64. The Labute approximate surface area is 126 Å². The molecule has 0 spiro atoms. The van der Waals surface area contributed by atoms with Crippen molar-refractivity contribution in [2.75, 3.05) is 7.11 Å². The van der Waals surface area contributed by atoms with Crippen molar-refractivity contribution in [1.82, 2.24) is 4.98 Å². The minimum atomic E-state index is 0.560. The zero-order valence-corrected chi connectivity index (χ0v) is 12.2. The summed E-state index contributed by atoms with van der Waals surface area (Å²) in [4.78, 5) is 4.52. The van der Waals surface area contributed by atoms with Gasteiger partial charge in [0, 0.05) is 0 Å². The number of hydrogen-bond donors (Lipinski definition) is 0. The molecular formula is C17H12N2OS. The summed E-state index contributed by atoms with van der Waals surface area (Å²) in [6.07, 6.45) is 1.83. The fourth-order valence-corrected chi connectivity index (χ4v) is 2.96. The predicted octanol–water partition coefficient (Wildman–Crippen LogP) is 4.37. The molecule has 0 amide bonds. The minimum absolute atomic E-state index is 0.560. The van der Waals surface area contributed by atoms with Crippen molar-refractivity contribution in [3.05, 3.63) is 59.1 Å². The molecule has 21 heavy (non-hydrogen) atoms. The number of ether oxygens (including phenoxy) is 1. The summed E-state index contributed by atoms with van der Waals surface area (Å²) >= 11 is 1.53. The molecule has 0 atom stereocenters. The maximum Gasteiger partial charge on any atom is 0.135 e. The van der Waals surface area contributed by atoms with E-state index in [1.165, 1.54) is 11.3 Å². The number of thiazole rings is 1. The Bertz CT molecular complexity index is 825. The molecule has 0 saturated carbocycles. The fourth-order valence-electron chi connectivity index (χ4n) is 2.03. The maximum atomic E-state index is 9.41. The lowest BCUT2D eigenvalue weighted by molar-refractivity contribution is 0.414. The summed E-state index contributed by atoms with van der Waals surface area (Å²) in [7, 11) is 1.63. The molecule has 0 radical (unpaired) electrons. The highest BCUT2D eigenvalue weighted by Crippen LogP contribution is 2.28. The second kappa shape index (κ2) is 5.78. The van der Waals surface area contributed by atoms with Gasteiger partial charge in [0.05, 0.1) is 22.9 Å². The molecule has 3 rings (SSSR count). The van der Waals surface area contributed by atoms with E-state index in [1.807, 2.05) is 54.6 Å². The lowest BCUT2D eigenvalue weighted by Gasteiger charge is -2.00. The van der Waals surface area contributed by atoms with Gasteiger partial charge < -0.3 is 4.74 Å². The highest BCUT2D eigenvalue weighted by molar-refractivity contribution is 7.19. The predicted molar refractivity (Wildman–Crippen MR) is 86.1 cm³/mol. The number of aromatic nitrogens is 1. The zero-order chi connectivity index (χ0) is 14.7. The molecule has 0 aliphatic heterocycles. The molecule has 0 fully saturated rings. The van der Waals surface area contributed by atoms with Crippen LogP contribution in [0.4, 0.5) is 0 Å². The first-order valence-electron chi connectivity index (χ1n) is 6.42. The number of para-hydroxylation sites is 1.